The molecule has 2 rings (SSSR count). The van der Waals surface area contributed by atoms with Crippen LogP contribution in [0.5, 0.6) is 0 Å². The van der Waals surface area contributed by atoms with Crippen LogP contribution in [0, 0.1) is 0 Å². The predicted molar refractivity (Wildman–Crippen MR) is 78.4 cm³/mol. The van der Waals surface area contributed by atoms with Gasteiger partial charge in [0.05, 0.1) is 12.6 Å². The number of nitrogens with zero attached hydrogens (tertiary/aromatic N) is 1. The summed E-state index contributed by atoms with van der Waals surface area (Å²) in [5, 5.41) is 10.5. The molecule has 2 saturated heterocycles. The summed E-state index contributed by atoms with van der Waals surface area (Å²) in [6.45, 7) is 12.2. The van der Waals surface area contributed by atoms with Gasteiger partial charge >= 0.3 is 12.2 Å². The summed E-state index contributed by atoms with van der Waals surface area (Å²) in [6.07, 6.45) is -3.86. The molecule has 1 amide bonds. The number of aliphatic hydroxyl groups excluding tert-OH is 1. The van der Waals surface area contributed by atoms with Crippen LogP contribution in [-0.2, 0) is 18.9 Å². The number of ether oxygens (including phenoxy) is 4. The third kappa shape index (κ3) is 3.59. The second-order valence-corrected chi connectivity index (χ2v) is 7.02. The molecule has 0 bridgehead atoms. The largest absolute Gasteiger partial charge is 0.514 e. The van der Waals surface area contributed by atoms with Gasteiger partial charge in [0.15, 0.2) is 6.10 Å². The Morgan fingerprint density at radius 1 is 1.48 bits per heavy atom. The molecular formula is C15H23NO7. The highest BCUT2D eigenvalue weighted by molar-refractivity contribution is 5.70. The van der Waals surface area contributed by atoms with Crippen molar-refractivity contribution in [1.82, 2.24) is 4.90 Å². The van der Waals surface area contributed by atoms with Crippen LogP contribution < -0.4 is 0 Å². The van der Waals surface area contributed by atoms with Crippen LogP contribution in [-0.4, -0.2) is 58.4 Å². The Labute approximate surface area is 134 Å². The van der Waals surface area contributed by atoms with Crippen molar-refractivity contribution in [3.63, 3.8) is 0 Å². The molecule has 2 aliphatic rings. The molecule has 0 saturated carbocycles. The van der Waals surface area contributed by atoms with E-state index in [1.807, 2.05) is 0 Å². The van der Waals surface area contributed by atoms with E-state index < -0.39 is 41.8 Å². The van der Waals surface area contributed by atoms with Crippen LogP contribution in [0.25, 0.3) is 0 Å². The van der Waals surface area contributed by atoms with Gasteiger partial charge in [0.25, 0.3) is 0 Å². The third-order valence-corrected chi connectivity index (χ3v) is 3.57. The van der Waals surface area contributed by atoms with E-state index in [-0.39, 0.29) is 12.4 Å². The van der Waals surface area contributed by atoms with Crippen LogP contribution in [0.3, 0.4) is 0 Å². The lowest BCUT2D eigenvalue weighted by molar-refractivity contribution is -0.0728. The maximum absolute atomic E-state index is 12.5. The minimum Gasteiger partial charge on any atom is -0.444 e. The summed E-state index contributed by atoms with van der Waals surface area (Å²) in [6, 6.07) is -0.768. The van der Waals surface area contributed by atoms with Crippen molar-refractivity contribution >= 4 is 12.2 Å². The standard InChI is InChI=1S/C15H23NO7/c1-8-11(22-13(19)21-8)10(17)9-7-20-15(5,6)16(9)12(18)23-14(2,3)4/h9-11,17H,1,7H2,2-6H3/t9-,10+,11-/m0/s1. The van der Waals surface area contributed by atoms with E-state index in [0.29, 0.717) is 0 Å². The van der Waals surface area contributed by atoms with E-state index in [1.165, 1.54) is 4.90 Å². The molecule has 0 aromatic rings. The zero-order valence-electron chi connectivity index (χ0n) is 14.0. The maximum atomic E-state index is 12.5. The minimum absolute atomic E-state index is 0.00338. The van der Waals surface area contributed by atoms with Gasteiger partial charge in [-0.3, -0.25) is 4.90 Å². The van der Waals surface area contributed by atoms with Crippen LogP contribution in [0.15, 0.2) is 12.3 Å². The van der Waals surface area contributed by atoms with Crippen LogP contribution in [0.1, 0.15) is 34.6 Å². The molecule has 2 aliphatic heterocycles. The lowest BCUT2D eigenvalue weighted by Crippen LogP contribution is -2.55. The number of carbonyl (C=O) groups excluding carboxylic acids is 2. The molecule has 0 aliphatic carbocycles. The average molecular weight is 329 g/mol. The zero-order chi connectivity index (χ0) is 17.6. The molecule has 0 spiro atoms. The van der Waals surface area contributed by atoms with Crippen molar-refractivity contribution < 1.29 is 33.6 Å². The number of rotatable bonds is 2. The van der Waals surface area contributed by atoms with Gasteiger partial charge in [0.1, 0.15) is 23.2 Å². The average Bonchev–Trinajstić information content (AvgIpc) is 2.85. The van der Waals surface area contributed by atoms with E-state index in [4.69, 9.17) is 18.9 Å². The molecule has 0 unspecified atom stereocenters. The molecule has 130 valence electrons. The smallest absolute Gasteiger partial charge is 0.444 e. The second-order valence-electron chi connectivity index (χ2n) is 7.02. The first-order chi connectivity index (χ1) is 10.4. The van der Waals surface area contributed by atoms with Crippen molar-refractivity contribution in [3.05, 3.63) is 12.3 Å². The van der Waals surface area contributed by atoms with Gasteiger partial charge < -0.3 is 24.1 Å². The molecule has 0 radical (unpaired) electrons. The fourth-order valence-electron chi connectivity index (χ4n) is 2.57. The molecule has 8 nitrogen and oxygen atoms in total. The Morgan fingerprint density at radius 2 is 2.09 bits per heavy atom. The molecule has 3 atom stereocenters. The van der Waals surface area contributed by atoms with Gasteiger partial charge in [-0.15, -0.1) is 0 Å². The van der Waals surface area contributed by atoms with Gasteiger partial charge in [0.2, 0.25) is 0 Å². The molecule has 2 fully saturated rings. The van der Waals surface area contributed by atoms with Crippen molar-refractivity contribution in [2.45, 2.75) is 64.2 Å². The number of aliphatic hydroxyl groups is 1. The molecule has 23 heavy (non-hydrogen) atoms. The number of cyclic esters (lactones) is 2. The maximum Gasteiger partial charge on any atom is 0.514 e. The van der Waals surface area contributed by atoms with Crippen molar-refractivity contribution in [2.24, 2.45) is 0 Å². The highest BCUT2D eigenvalue weighted by atomic mass is 16.8. The topological polar surface area (TPSA) is 94.5 Å². The highest BCUT2D eigenvalue weighted by Gasteiger charge is 2.52. The fourth-order valence-corrected chi connectivity index (χ4v) is 2.57. The van der Waals surface area contributed by atoms with Gasteiger partial charge in [0, 0.05) is 0 Å². The first-order valence-electron chi connectivity index (χ1n) is 7.34. The van der Waals surface area contributed by atoms with E-state index in [1.54, 1.807) is 34.6 Å². The number of carbonyl (C=O) groups is 2. The van der Waals surface area contributed by atoms with E-state index in [9.17, 15) is 14.7 Å². The summed E-state index contributed by atoms with van der Waals surface area (Å²) in [7, 11) is 0. The Kier molecular flexibility index (Phi) is 4.34. The Hall–Kier alpha value is -1.80. The van der Waals surface area contributed by atoms with Crippen LogP contribution in [0.2, 0.25) is 0 Å². The quantitative estimate of drug-likeness (QED) is 0.771. The summed E-state index contributed by atoms with van der Waals surface area (Å²) in [5.74, 6) is -0.00338. The minimum atomic E-state index is -1.25. The zero-order valence-corrected chi connectivity index (χ0v) is 14.0. The Bertz CT molecular complexity index is 522. The lowest BCUT2D eigenvalue weighted by Gasteiger charge is -2.37. The van der Waals surface area contributed by atoms with Gasteiger partial charge in [-0.25, -0.2) is 9.59 Å². The first-order valence-corrected chi connectivity index (χ1v) is 7.34. The number of amides is 1. The van der Waals surface area contributed by atoms with E-state index in [2.05, 4.69) is 6.58 Å². The SMILES string of the molecule is C=C1OC(=O)O[C@@H]1[C@H](O)[C@@H]1COC(C)(C)N1C(=O)OC(C)(C)C. The molecule has 2 heterocycles. The van der Waals surface area contributed by atoms with E-state index >= 15 is 0 Å². The summed E-state index contributed by atoms with van der Waals surface area (Å²) in [5.41, 5.74) is -1.67. The lowest BCUT2D eigenvalue weighted by atomic mass is 10.0. The van der Waals surface area contributed by atoms with Gasteiger partial charge in [-0.1, -0.05) is 6.58 Å². The van der Waals surface area contributed by atoms with E-state index in [0.717, 1.165) is 0 Å². The summed E-state index contributed by atoms with van der Waals surface area (Å²) >= 11 is 0. The van der Waals surface area contributed by atoms with Gasteiger partial charge in [-0.2, -0.15) is 0 Å². The van der Waals surface area contributed by atoms with Crippen molar-refractivity contribution in [2.75, 3.05) is 6.61 Å². The van der Waals surface area contributed by atoms with Crippen molar-refractivity contribution in [3.8, 4) is 0 Å². The van der Waals surface area contributed by atoms with Crippen LogP contribution >= 0.6 is 0 Å². The predicted octanol–water partition coefficient (Wildman–Crippen LogP) is 1.77. The Balaban J connectivity index is 2.21. The Morgan fingerprint density at radius 3 is 2.57 bits per heavy atom. The molecule has 1 N–H and O–H groups in total. The first kappa shape index (κ1) is 17.6. The molecule has 0 aromatic carbocycles. The summed E-state index contributed by atoms with van der Waals surface area (Å²) < 4.78 is 20.6. The van der Waals surface area contributed by atoms with Gasteiger partial charge in [-0.05, 0) is 34.6 Å². The summed E-state index contributed by atoms with van der Waals surface area (Å²) in [4.78, 5) is 25.0. The molecular weight excluding hydrogens is 306 g/mol. The monoisotopic (exact) mass is 329 g/mol. The fraction of sp³-hybridized carbons (Fsp3) is 0.733. The third-order valence-electron chi connectivity index (χ3n) is 3.57. The highest BCUT2D eigenvalue weighted by Crippen LogP contribution is 2.34. The number of hydrogen-bond donors (Lipinski definition) is 1. The second kappa shape index (κ2) is 5.68. The number of hydrogen-bond acceptors (Lipinski definition) is 7. The van der Waals surface area contributed by atoms with Crippen LogP contribution in [0.4, 0.5) is 9.59 Å². The molecule has 0 aromatic heterocycles. The molecule has 8 heteroatoms. The van der Waals surface area contributed by atoms with Crippen molar-refractivity contribution in [1.29, 1.82) is 0 Å². The normalized spacial score (nSPS) is 28.3.